The van der Waals surface area contributed by atoms with Crippen LogP contribution in [-0.4, -0.2) is 15.2 Å². The molecule has 0 heterocycles. The maximum Gasteiger partial charge on any atom is 0.199 e. The summed E-state index contributed by atoms with van der Waals surface area (Å²) in [6, 6.07) is 0. The molecule has 0 aromatic rings. The van der Waals surface area contributed by atoms with Crippen molar-refractivity contribution >= 4 is 27.6 Å². The van der Waals surface area contributed by atoms with Gasteiger partial charge in [-0.2, -0.15) is 0 Å². The molecule has 2 heteroatoms. The van der Waals surface area contributed by atoms with E-state index in [1.807, 2.05) is 0 Å². The molecule has 0 nitrogen and oxygen atoms in total. The minimum Gasteiger partial charge on any atom is -0.147 e. The molecule has 0 bridgehead atoms. The standard InChI is InChI=1S/2C8H17.Al.ClH/c2*1-4-7-8(5-2)6-3;;/h2*8H,2,4-7H2,1,3H3;;1H. The zero-order chi connectivity index (χ0) is 12.9. The molecule has 0 aliphatic rings. The van der Waals surface area contributed by atoms with Crippen LogP contribution in [0, 0.1) is 11.8 Å². The van der Waals surface area contributed by atoms with E-state index in [0.717, 1.165) is 27.1 Å². The average Bonchev–Trinajstić information content (AvgIpc) is 2.35. The monoisotopic (exact) mass is 289 g/mol. The van der Waals surface area contributed by atoms with E-state index in [-0.39, 0.29) is 12.4 Å². The lowest BCUT2D eigenvalue weighted by atomic mass is 9.98. The molecule has 2 unspecified atom stereocenters. The Kier molecular flexibility index (Phi) is 18.6. The molecule has 2 atom stereocenters. The predicted molar refractivity (Wildman–Crippen MR) is 89.2 cm³/mol. The van der Waals surface area contributed by atoms with Crippen molar-refractivity contribution in [1.82, 2.24) is 0 Å². The topological polar surface area (TPSA) is 0 Å². The van der Waals surface area contributed by atoms with Crippen LogP contribution in [0.25, 0.3) is 0 Å². The Bertz CT molecular complexity index is 134. The maximum atomic E-state index is 2.37. The molecular weight excluding hydrogens is 255 g/mol. The Morgan fingerprint density at radius 3 is 1.33 bits per heavy atom. The van der Waals surface area contributed by atoms with E-state index in [4.69, 9.17) is 0 Å². The number of hydrogen-bond donors (Lipinski definition) is 0. The van der Waals surface area contributed by atoms with E-state index in [9.17, 15) is 0 Å². The fourth-order valence-electron chi connectivity index (χ4n) is 2.77. The molecule has 0 spiro atoms. The van der Waals surface area contributed by atoms with Crippen molar-refractivity contribution in [3.05, 3.63) is 0 Å². The highest BCUT2D eigenvalue weighted by atomic mass is 35.5. The van der Waals surface area contributed by atoms with Crippen LogP contribution in [0.5, 0.6) is 0 Å². The van der Waals surface area contributed by atoms with E-state index < -0.39 is 0 Å². The molecule has 0 rings (SSSR count). The van der Waals surface area contributed by atoms with Gasteiger partial charge in [0.25, 0.3) is 0 Å². The van der Waals surface area contributed by atoms with Gasteiger partial charge in [0.05, 0.1) is 0 Å². The first-order valence-corrected chi connectivity index (χ1v) is 9.73. The Hall–Kier alpha value is 0.822. The quantitative estimate of drug-likeness (QED) is 0.289. The summed E-state index contributed by atoms with van der Waals surface area (Å²) in [4.78, 5) is 0. The van der Waals surface area contributed by atoms with Crippen molar-refractivity contribution in [3.63, 3.8) is 0 Å². The highest BCUT2D eigenvalue weighted by molar-refractivity contribution is 6.35. The second-order valence-corrected chi connectivity index (χ2v) is 7.30. The predicted octanol–water partition coefficient (Wildman–Crippen LogP) is 6.38. The van der Waals surface area contributed by atoms with Crippen LogP contribution in [0.15, 0.2) is 0 Å². The molecule has 0 aliphatic carbocycles. The lowest BCUT2D eigenvalue weighted by Gasteiger charge is -2.15. The lowest BCUT2D eigenvalue weighted by Crippen LogP contribution is -2.03. The molecule has 18 heavy (non-hydrogen) atoms. The van der Waals surface area contributed by atoms with Crippen LogP contribution in [0.4, 0.5) is 0 Å². The number of rotatable bonds is 12. The van der Waals surface area contributed by atoms with Gasteiger partial charge in [-0.25, -0.2) is 0 Å². The first kappa shape index (κ1) is 21.1. The highest BCUT2D eigenvalue weighted by Gasteiger charge is 2.07. The van der Waals surface area contributed by atoms with Crippen molar-refractivity contribution in [2.24, 2.45) is 11.8 Å². The average molecular weight is 290 g/mol. The Balaban J connectivity index is 0. The van der Waals surface area contributed by atoms with E-state index in [1.165, 1.54) is 51.4 Å². The SMILES string of the molecule is CCCC(CC)C[CH2][Al][CH2]CC(CC)CCC.Cl. The van der Waals surface area contributed by atoms with Crippen LogP contribution >= 0.6 is 12.4 Å². The second kappa shape index (κ2) is 15.9. The van der Waals surface area contributed by atoms with Crippen LogP contribution in [0.2, 0.25) is 10.6 Å². The minimum absolute atomic E-state index is 0. The number of hydrogen-bond acceptors (Lipinski definition) is 0. The van der Waals surface area contributed by atoms with Crippen molar-refractivity contribution < 1.29 is 0 Å². The molecule has 0 aliphatic heterocycles. The van der Waals surface area contributed by atoms with E-state index >= 15 is 0 Å². The summed E-state index contributed by atoms with van der Waals surface area (Å²) in [5.41, 5.74) is 0. The van der Waals surface area contributed by atoms with Gasteiger partial charge in [-0.05, 0) is 11.8 Å². The van der Waals surface area contributed by atoms with Gasteiger partial charge in [0, 0.05) is 0 Å². The van der Waals surface area contributed by atoms with Crippen LogP contribution in [-0.2, 0) is 0 Å². The summed E-state index contributed by atoms with van der Waals surface area (Å²) in [6.07, 6.45) is 11.5. The third-order valence-electron chi connectivity index (χ3n) is 4.11. The summed E-state index contributed by atoms with van der Waals surface area (Å²) in [5, 5.41) is 3.11. The van der Waals surface area contributed by atoms with Gasteiger partial charge < -0.3 is 0 Å². The third-order valence-corrected chi connectivity index (χ3v) is 5.59. The largest absolute Gasteiger partial charge is 0.199 e. The van der Waals surface area contributed by atoms with Crippen molar-refractivity contribution in [2.45, 2.75) is 89.6 Å². The molecule has 0 fully saturated rings. The van der Waals surface area contributed by atoms with Gasteiger partial charge >= 0.3 is 0 Å². The highest BCUT2D eigenvalue weighted by Crippen LogP contribution is 2.20. The molecule has 0 N–H and O–H groups in total. The zero-order valence-electron chi connectivity index (χ0n) is 13.2. The summed E-state index contributed by atoms with van der Waals surface area (Å²) in [6.45, 7) is 9.38. The smallest absolute Gasteiger partial charge is 0.147 e. The van der Waals surface area contributed by atoms with E-state index in [0.29, 0.717) is 0 Å². The van der Waals surface area contributed by atoms with Gasteiger partial charge in [-0.1, -0.05) is 79.1 Å². The molecule has 0 aromatic carbocycles. The first-order valence-electron chi connectivity index (χ1n) is 8.09. The van der Waals surface area contributed by atoms with Crippen LogP contribution < -0.4 is 0 Å². The van der Waals surface area contributed by atoms with Gasteiger partial charge in [0.2, 0.25) is 0 Å². The molecular formula is C16H35AlCl. The lowest BCUT2D eigenvalue weighted by molar-refractivity contribution is 0.443. The molecule has 109 valence electrons. The molecule has 0 saturated heterocycles. The van der Waals surface area contributed by atoms with Crippen molar-refractivity contribution in [3.8, 4) is 0 Å². The Morgan fingerprint density at radius 2 is 1.06 bits per heavy atom. The molecule has 0 amide bonds. The maximum absolute atomic E-state index is 2.37. The van der Waals surface area contributed by atoms with E-state index in [2.05, 4.69) is 27.7 Å². The zero-order valence-corrected chi connectivity index (χ0v) is 15.2. The third kappa shape index (κ3) is 11.9. The Labute approximate surface area is 129 Å². The van der Waals surface area contributed by atoms with Crippen LogP contribution in [0.1, 0.15) is 79.1 Å². The fraction of sp³-hybridized carbons (Fsp3) is 1.00. The van der Waals surface area contributed by atoms with E-state index in [1.54, 1.807) is 10.6 Å². The molecule has 1 radical (unpaired) electrons. The van der Waals surface area contributed by atoms with Crippen molar-refractivity contribution in [2.75, 3.05) is 0 Å². The second-order valence-electron chi connectivity index (χ2n) is 5.57. The minimum atomic E-state index is 0. The Morgan fingerprint density at radius 1 is 0.667 bits per heavy atom. The summed E-state index contributed by atoms with van der Waals surface area (Å²) in [7, 11) is 0. The van der Waals surface area contributed by atoms with Gasteiger partial charge in [0.15, 0.2) is 15.2 Å². The normalized spacial score (nSPS) is 13.8. The fourth-order valence-corrected chi connectivity index (χ4v) is 4.48. The first-order chi connectivity index (χ1) is 8.28. The van der Waals surface area contributed by atoms with Crippen molar-refractivity contribution in [1.29, 1.82) is 0 Å². The summed E-state index contributed by atoms with van der Waals surface area (Å²) >= 11 is 0.753. The molecule has 0 aromatic heterocycles. The summed E-state index contributed by atoms with van der Waals surface area (Å²) < 4.78 is 0. The summed E-state index contributed by atoms with van der Waals surface area (Å²) in [5.74, 6) is 2.07. The van der Waals surface area contributed by atoms with Gasteiger partial charge in [-0.15, -0.1) is 23.0 Å². The molecule has 0 saturated carbocycles. The number of halogens is 1. The van der Waals surface area contributed by atoms with Gasteiger partial charge in [0.1, 0.15) is 0 Å². The van der Waals surface area contributed by atoms with Gasteiger partial charge in [-0.3, -0.25) is 0 Å². The van der Waals surface area contributed by atoms with Crippen LogP contribution in [0.3, 0.4) is 0 Å².